The number of aromatic nitrogens is 3. The minimum absolute atomic E-state index is 0.146. The molecule has 1 aliphatic rings. The minimum Gasteiger partial charge on any atom is -0.382 e. The fourth-order valence-electron chi connectivity index (χ4n) is 4.48. The van der Waals surface area contributed by atoms with Crippen LogP contribution in [-0.2, 0) is 0 Å². The van der Waals surface area contributed by atoms with E-state index < -0.39 is 0 Å². The van der Waals surface area contributed by atoms with E-state index in [2.05, 4.69) is 91.3 Å². The molecule has 0 saturated heterocycles. The molecule has 0 aliphatic heterocycles. The molecule has 6 heteroatoms. The van der Waals surface area contributed by atoms with Crippen LogP contribution in [0.3, 0.4) is 0 Å². The Bertz CT molecular complexity index is 1230. The van der Waals surface area contributed by atoms with E-state index in [1.54, 1.807) is 0 Å². The summed E-state index contributed by atoms with van der Waals surface area (Å²) >= 11 is 0. The average Bonchev–Trinajstić information content (AvgIpc) is 3.57. The minimum atomic E-state index is -0.146. The van der Waals surface area contributed by atoms with Crippen LogP contribution in [0, 0.1) is 26.2 Å². The third-order valence-electron chi connectivity index (χ3n) is 6.56. The maximum Gasteiger partial charge on any atom is 0.163 e. The van der Waals surface area contributed by atoms with Crippen LogP contribution in [0.5, 0.6) is 0 Å². The largest absolute Gasteiger partial charge is 0.382 e. The fourth-order valence-corrected chi connectivity index (χ4v) is 4.48. The summed E-state index contributed by atoms with van der Waals surface area (Å²) in [4.78, 5) is 2.27. The van der Waals surface area contributed by atoms with Crippen LogP contribution in [0.25, 0.3) is 5.65 Å². The van der Waals surface area contributed by atoms with Gasteiger partial charge in [-0.15, -0.1) is 10.2 Å². The van der Waals surface area contributed by atoms with Crippen molar-refractivity contribution in [2.24, 2.45) is 0 Å². The van der Waals surface area contributed by atoms with E-state index in [0.717, 1.165) is 52.4 Å². The highest BCUT2D eigenvalue weighted by Crippen LogP contribution is 2.36. The molecule has 4 rings (SSSR count). The summed E-state index contributed by atoms with van der Waals surface area (Å²) in [5.74, 6) is 0.858. The van der Waals surface area contributed by atoms with Crippen molar-refractivity contribution in [2.45, 2.75) is 65.5 Å². The molecule has 0 amide bonds. The second kappa shape index (κ2) is 9.84. The number of anilines is 1. The first-order valence-electron chi connectivity index (χ1n) is 12.2. The van der Waals surface area contributed by atoms with Gasteiger partial charge in [0.2, 0.25) is 0 Å². The van der Waals surface area contributed by atoms with E-state index in [4.69, 9.17) is 5.41 Å². The molecular formula is C28H36N6. The molecule has 2 heterocycles. The fraction of sp³-hybridized carbons (Fsp3) is 0.393. The summed E-state index contributed by atoms with van der Waals surface area (Å²) in [6.45, 7) is 12.4. The zero-order chi connectivity index (χ0) is 24.4. The molecule has 1 atom stereocenters. The molecule has 2 N–H and O–H groups in total. The van der Waals surface area contributed by atoms with Crippen molar-refractivity contribution in [3.05, 3.63) is 83.0 Å². The summed E-state index contributed by atoms with van der Waals surface area (Å²) in [7, 11) is 2.11. The Morgan fingerprint density at radius 3 is 2.56 bits per heavy atom. The molecule has 1 aromatic carbocycles. The van der Waals surface area contributed by atoms with Gasteiger partial charge in [-0.1, -0.05) is 49.8 Å². The van der Waals surface area contributed by atoms with Crippen LogP contribution < -0.4 is 10.2 Å². The summed E-state index contributed by atoms with van der Waals surface area (Å²) < 4.78 is 2.05. The van der Waals surface area contributed by atoms with Crippen LogP contribution in [0.1, 0.15) is 61.2 Å². The molecule has 0 bridgehead atoms. The van der Waals surface area contributed by atoms with Gasteiger partial charge in [-0.3, -0.25) is 4.40 Å². The molecule has 1 aliphatic carbocycles. The van der Waals surface area contributed by atoms with Crippen molar-refractivity contribution < 1.29 is 0 Å². The van der Waals surface area contributed by atoms with Crippen LogP contribution in [0.15, 0.2) is 60.5 Å². The number of benzene rings is 1. The maximum atomic E-state index is 9.11. The molecule has 178 valence electrons. The van der Waals surface area contributed by atoms with Crippen LogP contribution in [0.2, 0.25) is 0 Å². The molecule has 1 saturated carbocycles. The Kier molecular flexibility index (Phi) is 6.87. The van der Waals surface area contributed by atoms with E-state index >= 15 is 0 Å². The number of allylic oxidation sites excluding steroid dienone is 1. The maximum absolute atomic E-state index is 9.11. The number of nitrogens with zero attached hydrogens (tertiary/aromatic N) is 4. The molecule has 34 heavy (non-hydrogen) atoms. The predicted molar refractivity (Wildman–Crippen MR) is 141 cm³/mol. The van der Waals surface area contributed by atoms with Crippen molar-refractivity contribution in [2.75, 3.05) is 11.9 Å². The highest BCUT2D eigenvalue weighted by Gasteiger charge is 2.30. The third kappa shape index (κ3) is 4.76. The Morgan fingerprint density at radius 2 is 1.94 bits per heavy atom. The SMILES string of the molecule is C=C/C(NC1CC1)=C(/C(=N)CCC)C(c1ccc(C)cc1)N(C)c1cc(C)c2nnc(C)n2c1. The Hall–Kier alpha value is -3.41. The number of hydrogen-bond acceptors (Lipinski definition) is 5. The van der Waals surface area contributed by atoms with Crippen molar-refractivity contribution in [1.82, 2.24) is 19.9 Å². The third-order valence-corrected chi connectivity index (χ3v) is 6.56. The number of likely N-dealkylation sites (N-methyl/N-ethyl adjacent to an activating group) is 1. The lowest BCUT2D eigenvalue weighted by atomic mass is 9.89. The number of hydrogen-bond donors (Lipinski definition) is 2. The lowest BCUT2D eigenvalue weighted by molar-refractivity contribution is 0.741. The van der Waals surface area contributed by atoms with E-state index in [-0.39, 0.29) is 6.04 Å². The van der Waals surface area contributed by atoms with E-state index in [9.17, 15) is 0 Å². The van der Waals surface area contributed by atoms with Gasteiger partial charge in [0.1, 0.15) is 5.82 Å². The summed E-state index contributed by atoms with van der Waals surface area (Å²) in [6.07, 6.45) is 7.97. The van der Waals surface area contributed by atoms with Crippen molar-refractivity contribution in [3.8, 4) is 0 Å². The summed E-state index contributed by atoms with van der Waals surface area (Å²) in [5.41, 5.74) is 7.98. The van der Waals surface area contributed by atoms with Gasteiger partial charge in [0.05, 0.1) is 11.7 Å². The quantitative estimate of drug-likeness (QED) is 0.297. The highest BCUT2D eigenvalue weighted by molar-refractivity contribution is 6.00. The van der Waals surface area contributed by atoms with Gasteiger partial charge in [-0.25, -0.2) is 0 Å². The van der Waals surface area contributed by atoms with E-state index in [1.165, 1.54) is 18.4 Å². The van der Waals surface area contributed by atoms with Gasteiger partial charge in [0.25, 0.3) is 0 Å². The van der Waals surface area contributed by atoms with Crippen LogP contribution in [0.4, 0.5) is 5.69 Å². The molecule has 0 spiro atoms. The molecule has 2 aromatic heterocycles. The topological polar surface area (TPSA) is 69.3 Å². The number of rotatable bonds is 10. The normalized spacial score (nSPS) is 15.1. The van der Waals surface area contributed by atoms with Crippen molar-refractivity contribution in [1.29, 1.82) is 5.41 Å². The number of aryl methyl sites for hydroxylation is 3. The standard InChI is InChI=1S/C28H36N6/c1-7-9-24(29)26(25(8-2)30-22-14-15-22)27(21-12-10-18(3)11-13-21)33(6)23-16-19(4)28-32-31-20(5)34(28)17-23/h8,10-13,16-17,22,27,29-30H,2,7,9,14-15H2,1,3-6H3/b26-25+,29-24?. The van der Waals surface area contributed by atoms with Crippen LogP contribution >= 0.6 is 0 Å². The summed E-state index contributed by atoms with van der Waals surface area (Å²) in [5, 5.41) is 21.4. The lowest BCUT2D eigenvalue weighted by Gasteiger charge is -2.34. The Morgan fingerprint density at radius 1 is 1.24 bits per heavy atom. The van der Waals surface area contributed by atoms with Crippen LogP contribution in [-0.4, -0.2) is 33.4 Å². The number of pyridine rings is 1. The molecule has 6 nitrogen and oxygen atoms in total. The molecule has 1 fully saturated rings. The van der Waals surface area contributed by atoms with Gasteiger partial charge < -0.3 is 15.6 Å². The van der Waals surface area contributed by atoms with Crippen molar-refractivity contribution in [3.63, 3.8) is 0 Å². The second-order valence-corrected chi connectivity index (χ2v) is 9.42. The summed E-state index contributed by atoms with van der Waals surface area (Å²) in [6, 6.07) is 11.2. The molecular weight excluding hydrogens is 420 g/mol. The van der Waals surface area contributed by atoms with Gasteiger partial charge >= 0.3 is 0 Å². The smallest absolute Gasteiger partial charge is 0.163 e. The molecule has 1 unspecified atom stereocenters. The Balaban J connectivity index is 1.91. The molecule has 3 aromatic rings. The lowest BCUT2D eigenvalue weighted by Crippen LogP contribution is -2.32. The van der Waals surface area contributed by atoms with Crippen molar-refractivity contribution >= 4 is 17.0 Å². The van der Waals surface area contributed by atoms with Gasteiger partial charge in [-0.2, -0.15) is 0 Å². The molecule has 0 radical (unpaired) electrons. The average molecular weight is 457 g/mol. The zero-order valence-electron chi connectivity index (χ0n) is 21.0. The monoisotopic (exact) mass is 456 g/mol. The number of nitrogens with one attached hydrogen (secondary N) is 2. The second-order valence-electron chi connectivity index (χ2n) is 9.42. The Labute approximate surface area is 202 Å². The van der Waals surface area contributed by atoms with Gasteiger partial charge in [0, 0.05) is 36.3 Å². The van der Waals surface area contributed by atoms with E-state index in [1.807, 2.05) is 17.4 Å². The first-order valence-corrected chi connectivity index (χ1v) is 12.2. The van der Waals surface area contributed by atoms with Gasteiger partial charge in [-0.05, 0) is 63.3 Å². The zero-order valence-corrected chi connectivity index (χ0v) is 21.0. The first-order chi connectivity index (χ1) is 16.3. The van der Waals surface area contributed by atoms with E-state index in [0.29, 0.717) is 11.8 Å². The highest BCUT2D eigenvalue weighted by atomic mass is 15.3. The predicted octanol–water partition coefficient (Wildman–Crippen LogP) is 5.84. The number of fused-ring (bicyclic) bond motifs is 1. The first kappa shape index (κ1) is 23.7. The van der Waals surface area contributed by atoms with Gasteiger partial charge in [0.15, 0.2) is 5.65 Å².